The minimum absolute atomic E-state index is 0.151. The third-order valence-electron chi connectivity index (χ3n) is 3.32. The molecule has 19 heavy (non-hydrogen) atoms. The van der Waals surface area contributed by atoms with Crippen molar-refractivity contribution in [1.29, 1.82) is 0 Å². The van der Waals surface area contributed by atoms with Crippen LogP contribution in [-0.4, -0.2) is 41.5 Å². The van der Waals surface area contributed by atoms with Crippen LogP contribution in [0.15, 0.2) is 12.1 Å². The number of rotatable bonds is 3. The lowest BCUT2D eigenvalue weighted by Gasteiger charge is -2.32. The number of carbonyl (C=O) groups excluding carboxylic acids is 1. The van der Waals surface area contributed by atoms with E-state index in [0.717, 1.165) is 32.5 Å². The van der Waals surface area contributed by atoms with E-state index in [9.17, 15) is 4.79 Å². The predicted octanol–water partition coefficient (Wildman–Crippen LogP) is 2.60. The lowest BCUT2D eigenvalue weighted by Crippen LogP contribution is -2.47. The molecule has 1 aliphatic rings. The molecule has 1 fully saturated rings. The van der Waals surface area contributed by atoms with Crippen LogP contribution in [0.3, 0.4) is 0 Å². The van der Waals surface area contributed by atoms with Gasteiger partial charge < -0.3 is 10.2 Å². The van der Waals surface area contributed by atoms with Crippen molar-refractivity contribution in [2.24, 2.45) is 0 Å². The molecule has 104 valence electrons. The maximum Gasteiger partial charge on any atom is 0.271 e. The van der Waals surface area contributed by atoms with E-state index in [1.54, 1.807) is 12.1 Å². The van der Waals surface area contributed by atoms with Gasteiger partial charge in [0.05, 0.1) is 5.02 Å². The van der Waals surface area contributed by atoms with Crippen molar-refractivity contribution in [3.8, 4) is 0 Å². The van der Waals surface area contributed by atoms with Crippen LogP contribution in [0.2, 0.25) is 10.2 Å². The Morgan fingerprint density at radius 1 is 1.53 bits per heavy atom. The molecular weight excluding hydrogens is 285 g/mol. The van der Waals surface area contributed by atoms with Gasteiger partial charge in [-0.2, -0.15) is 0 Å². The van der Waals surface area contributed by atoms with Crippen molar-refractivity contribution in [1.82, 2.24) is 15.2 Å². The Balaban J connectivity index is 2.02. The largest absolute Gasteiger partial charge is 0.347 e. The van der Waals surface area contributed by atoms with Gasteiger partial charge in [-0.3, -0.25) is 4.79 Å². The molecule has 0 bridgehead atoms. The zero-order valence-electron chi connectivity index (χ0n) is 10.8. The molecule has 1 aromatic rings. The number of hydrogen-bond acceptors (Lipinski definition) is 3. The molecule has 0 saturated carbocycles. The molecule has 1 saturated heterocycles. The van der Waals surface area contributed by atoms with E-state index in [1.165, 1.54) is 0 Å². The van der Waals surface area contributed by atoms with E-state index >= 15 is 0 Å². The average Bonchev–Trinajstić information content (AvgIpc) is 2.41. The molecule has 1 unspecified atom stereocenters. The molecule has 1 aliphatic heterocycles. The van der Waals surface area contributed by atoms with Crippen LogP contribution < -0.4 is 5.32 Å². The van der Waals surface area contributed by atoms with Crippen LogP contribution in [0.25, 0.3) is 0 Å². The first-order chi connectivity index (χ1) is 9.10. The normalized spacial score (nSPS) is 20.3. The fourth-order valence-electron chi connectivity index (χ4n) is 2.29. The SMILES string of the molecule is CCN1CCCC(NC(=O)c2nc(Cl)ccc2Cl)C1. The van der Waals surface area contributed by atoms with Gasteiger partial charge in [0.15, 0.2) is 0 Å². The second-order valence-corrected chi connectivity index (χ2v) is 5.46. The molecule has 0 aliphatic carbocycles. The number of carbonyl (C=O) groups is 1. The van der Waals surface area contributed by atoms with Crippen LogP contribution >= 0.6 is 23.2 Å². The number of nitrogens with one attached hydrogen (secondary N) is 1. The third kappa shape index (κ3) is 3.81. The summed E-state index contributed by atoms with van der Waals surface area (Å²) in [6.45, 7) is 5.10. The second kappa shape index (κ2) is 6.55. The number of nitrogens with zero attached hydrogens (tertiary/aromatic N) is 2. The summed E-state index contributed by atoms with van der Waals surface area (Å²) in [5.41, 5.74) is 0.197. The van der Waals surface area contributed by atoms with Gasteiger partial charge in [-0.15, -0.1) is 0 Å². The van der Waals surface area contributed by atoms with Crippen molar-refractivity contribution in [3.63, 3.8) is 0 Å². The zero-order valence-corrected chi connectivity index (χ0v) is 12.3. The van der Waals surface area contributed by atoms with Gasteiger partial charge in [-0.25, -0.2) is 4.98 Å². The Labute approximate surface area is 123 Å². The van der Waals surface area contributed by atoms with Crippen molar-refractivity contribution in [3.05, 3.63) is 28.0 Å². The van der Waals surface area contributed by atoms with Crippen LogP contribution in [0.1, 0.15) is 30.3 Å². The van der Waals surface area contributed by atoms with Crippen molar-refractivity contribution in [2.75, 3.05) is 19.6 Å². The Morgan fingerprint density at radius 3 is 3.05 bits per heavy atom. The molecule has 1 aromatic heterocycles. The minimum atomic E-state index is -0.254. The number of likely N-dealkylation sites (tertiary alicyclic amines) is 1. The number of hydrogen-bond donors (Lipinski definition) is 1. The van der Waals surface area contributed by atoms with Crippen molar-refractivity contribution >= 4 is 29.1 Å². The van der Waals surface area contributed by atoms with Crippen LogP contribution in [0, 0.1) is 0 Å². The summed E-state index contributed by atoms with van der Waals surface area (Å²) in [5, 5.41) is 3.58. The first-order valence-electron chi connectivity index (χ1n) is 6.45. The highest BCUT2D eigenvalue weighted by molar-refractivity contribution is 6.34. The molecule has 4 nitrogen and oxygen atoms in total. The summed E-state index contributed by atoms with van der Waals surface area (Å²) in [5.74, 6) is -0.254. The summed E-state index contributed by atoms with van der Waals surface area (Å²) in [6.07, 6.45) is 2.08. The van der Waals surface area contributed by atoms with Gasteiger partial charge in [-0.05, 0) is 38.1 Å². The minimum Gasteiger partial charge on any atom is -0.347 e. The highest BCUT2D eigenvalue weighted by Crippen LogP contribution is 2.17. The molecule has 1 amide bonds. The molecule has 1 atom stereocenters. The van der Waals surface area contributed by atoms with Gasteiger partial charge in [0, 0.05) is 12.6 Å². The molecule has 2 rings (SSSR count). The van der Waals surface area contributed by atoms with Gasteiger partial charge in [-0.1, -0.05) is 30.1 Å². The Hall–Kier alpha value is -0.840. The van der Waals surface area contributed by atoms with Crippen molar-refractivity contribution < 1.29 is 4.79 Å². The maximum absolute atomic E-state index is 12.1. The standard InChI is InChI=1S/C13H17Cl2N3O/c1-2-18-7-3-4-9(8-18)16-13(19)12-10(14)5-6-11(15)17-12/h5-6,9H,2-4,7-8H2,1H3,(H,16,19). The van der Waals surface area contributed by atoms with Gasteiger partial charge in [0.25, 0.3) is 5.91 Å². The van der Waals surface area contributed by atoms with Crippen LogP contribution in [0.4, 0.5) is 0 Å². The summed E-state index contributed by atoms with van der Waals surface area (Å²) in [4.78, 5) is 18.5. The van der Waals surface area contributed by atoms with E-state index in [0.29, 0.717) is 5.02 Å². The summed E-state index contributed by atoms with van der Waals surface area (Å²) in [6, 6.07) is 3.31. The van der Waals surface area contributed by atoms with Gasteiger partial charge in [0.1, 0.15) is 10.8 Å². The molecule has 0 spiro atoms. The summed E-state index contributed by atoms with van der Waals surface area (Å²) in [7, 11) is 0. The molecule has 0 radical (unpaired) electrons. The highest BCUT2D eigenvalue weighted by Gasteiger charge is 2.22. The highest BCUT2D eigenvalue weighted by atomic mass is 35.5. The van der Waals surface area contributed by atoms with Crippen LogP contribution in [-0.2, 0) is 0 Å². The van der Waals surface area contributed by atoms with E-state index in [-0.39, 0.29) is 22.8 Å². The first-order valence-corrected chi connectivity index (χ1v) is 7.21. The van der Waals surface area contributed by atoms with E-state index < -0.39 is 0 Å². The van der Waals surface area contributed by atoms with Crippen LogP contribution in [0.5, 0.6) is 0 Å². The van der Waals surface area contributed by atoms with E-state index in [2.05, 4.69) is 22.1 Å². The number of halogens is 2. The molecule has 1 N–H and O–H groups in total. The fourth-order valence-corrected chi connectivity index (χ4v) is 2.63. The van der Waals surface area contributed by atoms with E-state index in [1.807, 2.05) is 0 Å². The monoisotopic (exact) mass is 301 g/mol. The smallest absolute Gasteiger partial charge is 0.271 e. The topological polar surface area (TPSA) is 45.2 Å². The second-order valence-electron chi connectivity index (χ2n) is 4.67. The lowest BCUT2D eigenvalue weighted by molar-refractivity contribution is 0.0901. The Kier molecular flexibility index (Phi) is 5.02. The number of amides is 1. The number of likely N-dealkylation sites (N-methyl/N-ethyl adjacent to an activating group) is 1. The third-order valence-corrected chi connectivity index (χ3v) is 3.83. The Bertz CT molecular complexity index is 467. The first kappa shape index (κ1) is 14.6. The summed E-state index contributed by atoms with van der Waals surface area (Å²) < 4.78 is 0. The average molecular weight is 302 g/mol. The van der Waals surface area contributed by atoms with Crippen molar-refractivity contribution in [2.45, 2.75) is 25.8 Å². The zero-order chi connectivity index (χ0) is 13.8. The van der Waals surface area contributed by atoms with Gasteiger partial charge >= 0.3 is 0 Å². The molecular formula is C13H17Cl2N3O. The molecule has 0 aromatic carbocycles. The number of piperidine rings is 1. The maximum atomic E-state index is 12.1. The number of pyridine rings is 1. The fraction of sp³-hybridized carbons (Fsp3) is 0.538. The lowest BCUT2D eigenvalue weighted by atomic mass is 10.1. The summed E-state index contributed by atoms with van der Waals surface area (Å²) >= 11 is 11.8. The predicted molar refractivity (Wildman–Crippen MR) is 76.9 cm³/mol. The quantitative estimate of drug-likeness (QED) is 0.873. The van der Waals surface area contributed by atoms with Gasteiger partial charge in [0.2, 0.25) is 0 Å². The molecule has 6 heteroatoms. The Morgan fingerprint density at radius 2 is 2.32 bits per heavy atom. The van der Waals surface area contributed by atoms with E-state index in [4.69, 9.17) is 23.2 Å². The number of aromatic nitrogens is 1. The molecule has 2 heterocycles.